The number of nitrogens with zero attached hydrogens (tertiary/aromatic N) is 1. The molecule has 0 N–H and O–H groups in total. The number of rotatable bonds is 4. The zero-order valence-corrected chi connectivity index (χ0v) is 23.2. The molecule has 0 spiro atoms. The molecule has 0 fully saturated rings. The molecular formula is C37H26BrN. The molecule has 0 atom stereocenters. The number of hydrogen-bond donors (Lipinski definition) is 0. The van der Waals surface area contributed by atoms with Gasteiger partial charge >= 0.3 is 0 Å². The number of halogens is 1. The molecule has 0 saturated heterocycles. The minimum atomic E-state index is 1.09. The Hall–Kier alpha value is -4.40. The second-order valence-corrected chi connectivity index (χ2v) is 11.0. The maximum Gasteiger partial charge on any atom is 0.0541 e. The first-order valence-corrected chi connectivity index (χ1v) is 14.0. The van der Waals surface area contributed by atoms with E-state index in [1.807, 2.05) is 0 Å². The van der Waals surface area contributed by atoms with Crippen molar-refractivity contribution >= 4 is 37.7 Å². The van der Waals surface area contributed by atoms with E-state index < -0.39 is 0 Å². The number of fused-ring (bicyclic) bond motifs is 3. The fourth-order valence-electron chi connectivity index (χ4n) is 5.48. The lowest BCUT2D eigenvalue weighted by atomic mass is 9.98. The summed E-state index contributed by atoms with van der Waals surface area (Å²) in [7, 11) is 0. The van der Waals surface area contributed by atoms with Crippen molar-refractivity contribution in [2.24, 2.45) is 0 Å². The Labute approximate surface area is 237 Å². The van der Waals surface area contributed by atoms with Crippen LogP contribution in [0.4, 0.5) is 0 Å². The van der Waals surface area contributed by atoms with Crippen molar-refractivity contribution in [2.75, 3.05) is 0 Å². The van der Waals surface area contributed by atoms with E-state index in [4.69, 9.17) is 0 Å². The molecule has 2 heteroatoms. The van der Waals surface area contributed by atoms with Gasteiger partial charge in [-0.3, -0.25) is 0 Å². The third-order valence-electron chi connectivity index (χ3n) is 7.56. The maximum atomic E-state index is 3.53. The van der Waals surface area contributed by atoms with Crippen molar-refractivity contribution in [2.45, 2.75) is 6.92 Å². The molecule has 0 unspecified atom stereocenters. The zero-order chi connectivity index (χ0) is 26.3. The van der Waals surface area contributed by atoms with Crippen LogP contribution in [0.5, 0.6) is 0 Å². The molecule has 1 aromatic heterocycles. The van der Waals surface area contributed by atoms with Crippen LogP contribution in [0.1, 0.15) is 5.56 Å². The van der Waals surface area contributed by atoms with Gasteiger partial charge in [-0.25, -0.2) is 0 Å². The summed E-state index contributed by atoms with van der Waals surface area (Å²) < 4.78 is 3.48. The molecule has 0 radical (unpaired) electrons. The summed E-state index contributed by atoms with van der Waals surface area (Å²) in [4.78, 5) is 0. The zero-order valence-electron chi connectivity index (χ0n) is 21.6. The monoisotopic (exact) mass is 563 g/mol. The standard InChI is InChI=1S/C37H26BrN/c1-25-7-19-33(20-8-25)39-36-21-15-30(26-5-3-2-4-6-26)23-34(36)35-24-31(16-22-37(35)39)29-11-9-27(10-12-29)28-13-17-32(38)18-14-28/h2-24H,1H3. The summed E-state index contributed by atoms with van der Waals surface area (Å²) in [6.45, 7) is 2.13. The van der Waals surface area contributed by atoms with E-state index in [2.05, 4.69) is 167 Å². The van der Waals surface area contributed by atoms with Gasteiger partial charge in [-0.15, -0.1) is 0 Å². The van der Waals surface area contributed by atoms with Crippen LogP contribution in [0.2, 0.25) is 0 Å². The van der Waals surface area contributed by atoms with Gasteiger partial charge in [0.25, 0.3) is 0 Å². The predicted octanol–water partition coefficient (Wildman–Crippen LogP) is 10.9. The second-order valence-electron chi connectivity index (χ2n) is 10.1. The van der Waals surface area contributed by atoms with Crippen molar-refractivity contribution < 1.29 is 0 Å². The average molecular weight is 565 g/mol. The normalized spacial score (nSPS) is 11.3. The van der Waals surface area contributed by atoms with Crippen LogP contribution in [0.15, 0.2) is 144 Å². The van der Waals surface area contributed by atoms with Crippen molar-refractivity contribution in [3.05, 3.63) is 150 Å². The van der Waals surface area contributed by atoms with Gasteiger partial charge < -0.3 is 4.57 Å². The molecule has 0 aliphatic rings. The van der Waals surface area contributed by atoms with Gasteiger partial charge in [-0.2, -0.15) is 0 Å². The van der Waals surface area contributed by atoms with Crippen LogP contribution in [-0.2, 0) is 0 Å². The highest BCUT2D eigenvalue weighted by atomic mass is 79.9. The Morgan fingerprint density at radius 1 is 0.436 bits per heavy atom. The lowest BCUT2D eigenvalue weighted by Gasteiger charge is -2.09. The minimum absolute atomic E-state index is 1.09. The van der Waals surface area contributed by atoms with E-state index in [-0.39, 0.29) is 0 Å². The van der Waals surface area contributed by atoms with Crippen LogP contribution in [0.25, 0.3) is 60.9 Å². The predicted molar refractivity (Wildman–Crippen MR) is 170 cm³/mol. The summed E-state index contributed by atoms with van der Waals surface area (Å²) in [6, 6.07) is 50.5. The van der Waals surface area contributed by atoms with Crippen molar-refractivity contribution in [1.82, 2.24) is 4.57 Å². The molecule has 39 heavy (non-hydrogen) atoms. The van der Waals surface area contributed by atoms with Gasteiger partial charge in [0.2, 0.25) is 0 Å². The van der Waals surface area contributed by atoms with Crippen molar-refractivity contribution in [3.8, 4) is 39.1 Å². The lowest BCUT2D eigenvalue weighted by molar-refractivity contribution is 1.17. The van der Waals surface area contributed by atoms with Crippen molar-refractivity contribution in [1.29, 1.82) is 0 Å². The molecular weight excluding hydrogens is 538 g/mol. The summed E-state index contributed by atoms with van der Waals surface area (Å²) in [6.07, 6.45) is 0. The number of aromatic nitrogens is 1. The minimum Gasteiger partial charge on any atom is -0.309 e. The van der Waals surface area contributed by atoms with Gasteiger partial charge in [0.15, 0.2) is 0 Å². The van der Waals surface area contributed by atoms with Crippen LogP contribution >= 0.6 is 15.9 Å². The highest BCUT2D eigenvalue weighted by Crippen LogP contribution is 2.37. The molecule has 0 amide bonds. The quantitative estimate of drug-likeness (QED) is 0.200. The average Bonchev–Trinajstić information content (AvgIpc) is 3.31. The molecule has 7 aromatic rings. The maximum absolute atomic E-state index is 3.53. The molecule has 0 aliphatic carbocycles. The highest BCUT2D eigenvalue weighted by molar-refractivity contribution is 9.10. The number of hydrogen-bond acceptors (Lipinski definition) is 0. The van der Waals surface area contributed by atoms with Gasteiger partial charge in [-0.1, -0.05) is 112 Å². The summed E-state index contributed by atoms with van der Waals surface area (Å²) >= 11 is 3.53. The van der Waals surface area contributed by atoms with Crippen LogP contribution in [0.3, 0.4) is 0 Å². The molecule has 0 saturated carbocycles. The van der Waals surface area contributed by atoms with Crippen LogP contribution < -0.4 is 0 Å². The van der Waals surface area contributed by atoms with Gasteiger partial charge in [-0.05, 0) is 88.8 Å². The highest BCUT2D eigenvalue weighted by Gasteiger charge is 2.14. The molecule has 186 valence electrons. The third kappa shape index (κ3) is 4.37. The summed E-state index contributed by atoms with van der Waals surface area (Å²) in [5, 5.41) is 2.53. The smallest absolute Gasteiger partial charge is 0.0541 e. The van der Waals surface area contributed by atoms with Crippen LogP contribution in [0, 0.1) is 6.92 Å². The second kappa shape index (κ2) is 9.72. The topological polar surface area (TPSA) is 4.93 Å². The Morgan fingerprint density at radius 3 is 1.41 bits per heavy atom. The van der Waals surface area contributed by atoms with Gasteiger partial charge in [0.1, 0.15) is 0 Å². The summed E-state index contributed by atoms with van der Waals surface area (Å²) in [5.74, 6) is 0. The Morgan fingerprint density at radius 2 is 0.872 bits per heavy atom. The Kier molecular flexibility index (Phi) is 5.91. The van der Waals surface area contributed by atoms with E-state index in [1.54, 1.807) is 0 Å². The van der Waals surface area contributed by atoms with Gasteiger partial charge in [0, 0.05) is 20.9 Å². The first kappa shape index (κ1) is 23.7. The molecule has 0 aliphatic heterocycles. The largest absolute Gasteiger partial charge is 0.309 e. The SMILES string of the molecule is Cc1ccc(-n2c3ccc(-c4ccccc4)cc3c3cc(-c4ccc(-c5ccc(Br)cc5)cc4)ccc32)cc1. The number of aryl methyl sites for hydroxylation is 1. The molecule has 1 heterocycles. The van der Waals surface area contributed by atoms with E-state index in [0.29, 0.717) is 0 Å². The molecule has 1 nitrogen and oxygen atoms in total. The van der Waals surface area contributed by atoms with E-state index in [9.17, 15) is 0 Å². The number of benzene rings is 6. The lowest BCUT2D eigenvalue weighted by Crippen LogP contribution is -1.93. The Bertz CT molecular complexity index is 1930. The fraction of sp³-hybridized carbons (Fsp3) is 0.0270. The van der Waals surface area contributed by atoms with E-state index in [1.165, 1.54) is 66.4 Å². The fourth-order valence-corrected chi connectivity index (χ4v) is 5.75. The molecule has 6 aromatic carbocycles. The molecule has 7 rings (SSSR count). The summed E-state index contributed by atoms with van der Waals surface area (Å²) in [5.41, 5.74) is 12.2. The van der Waals surface area contributed by atoms with E-state index >= 15 is 0 Å². The van der Waals surface area contributed by atoms with E-state index in [0.717, 1.165) is 4.47 Å². The first-order chi connectivity index (χ1) is 19.1. The Balaban J connectivity index is 1.39. The third-order valence-corrected chi connectivity index (χ3v) is 8.09. The first-order valence-electron chi connectivity index (χ1n) is 13.2. The molecule has 0 bridgehead atoms. The van der Waals surface area contributed by atoms with Crippen molar-refractivity contribution in [3.63, 3.8) is 0 Å². The van der Waals surface area contributed by atoms with Gasteiger partial charge in [0.05, 0.1) is 11.0 Å². The van der Waals surface area contributed by atoms with Crippen LogP contribution in [-0.4, -0.2) is 4.57 Å².